The average molecular weight is 383 g/mol. The highest BCUT2D eigenvalue weighted by molar-refractivity contribution is 7.90. The second-order valence-corrected chi connectivity index (χ2v) is 8.74. The van der Waals surface area contributed by atoms with E-state index in [-0.39, 0.29) is 28.2 Å². The van der Waals surface area contributed by atoms with Crippen LogP contribution >= 0.6 is 11.6 Å². The van der Waals surface area contributed by atoms with Crippen LogP contribution in [0.3, 0.4) is 0 Å². The Morgan fingerprint density at radius 1 is 1.28 bits per heavy atom. The van der Waals surface area contributed by atoms with E-state index in [0.717, 1.165) is 38.4 Å². The van der Waals surface area contributed by atoms with Crippen LogP contribution in [0.25, 0.3) is 0 Å². The Kier molecular flexibility index (Phi) is 5.19. The van der Waals surface area contributed by atoms with Gasteiger partial charge in [-0.3, -0.25) is 4.79 Å². The summed E-state index contributed by atoms with van der Waals surface area (Å²) in [5.41, 5.74) is 0.724. The van der Waals surface area contributed by atoms with Gasteiger partial charge in [-0.25, -0.2) is 13.1 Å². The molecule has 1 aliphatic carbocycles. The highest BCUT2D eigenvalue weighted by Crippen LogP contribution is 2.33. The molecule has 3 rings (SSSR count). The van der Waals surface area contributed by atoms with Gasteiger partial charge in [-0.15, -0.1) is 5.10 Å². The molecule has 1 saturated carbocycles. The van der Waals surface area contributed by atoms with E-state index in [1.165, 1.54) is 23.1 Å². The largest absolute Gasteiger partial charge is 0.294 e. The van der Waals surface area contributed by atoms with Crippen LogP contribution in [-0.4, -0.2) is 40.7 Å². The minimum atomic E-state index is -3.50. The van der Waals surface area contributed by atoms with Crippen molar-refractivity contribution in [2.75, 3.05) is 6.26 Å². The zero-order chi connectivity index (χ0) is 18.0. The summed E-state index contributed by atoms with van der Waals surface area (Å²) in [5, 5.41) is 11.0. The zero-order valence-corrected chi connectivity index (χ0v) is 15.4. The normalized spacial score (nSPS) is 16.1. The molecule has 1 aliphatic rings. The molecule has 1 aromatic heterocycles. The van der Waals surface area contributed by atoms with Crippen molar-refractivity contribution in [3.05, 3.63) is 34.6 Å². The lowest BCUT2D eigenvalue weighted by Gasteiger charge is -2.22. The lowest BCUT2D eigenvalue weighted by atomic mass is 9.83. The number of benzene rings is 1. The minimum absolute atomic E-state index is 0.0114. The van der Waals surface area contributed by atoms with Crippen LogP contribution in [0.1, 0.15) is 48.0 Å². The number of rotatable bonds is 5. The second kappa shape index (κ2) is 7.21. The van der Waals surface area contributed by atoms with Gasteiger partial charge >= 0.3 is 0 Å². The number of carbonyl (C=O) groups is 1. The predicted octanol–water partition coefficient (Wildman–Crippen LogP) is 2.54. The molecule has 0 amide bonds. The van der Waals surface area contributed by atoms with Crippen LogP contribution in [0.4, 0.5) is 0 Å². The first kappa shape index (κ1) is 18.0. The Bertz CT molecular complexity index is 875. The quantitative estimate of drug-likeness (QED) is 0.737. The summed E-state index contributed by atoms with van der Waals surface area (Å²) in [6, 6.07) is 2.98. The number of nitrogens with zero attached hydrogens (tertiary/aromatic N) is 4. The Balaban J connectivity index is 2.04. The fourth-order valence-corrected chi connectivity index (χ4v) is 4.59. The van der Waals surface area contributed by atoms with E-state index in [2.05, 4.69) is 15.5 Å². The maximum atomic E-state index is 12.9. The molecular weight excluding hydrogens is 364 g/mol. The van der Waals surface area contributed by atoms with Gasteiger partial charge in [-0.1, -0.05) is 30.9 Å². The summed E-state index contributed by atoms with van der Waals surface area (Å²) >= 11 is 6.48. The molecule has 25 heavy (non-hydrogen) atoms. The Labute approximate surface area is 151 Å². The first-order valence-electron chi connectivity index (χ1n) is 8.14. The van der Waals surface area contributed by atoms with Gasteiger partial charge in [0.1, 0.15) is 6.33 Å². The van der Waals surface area contributed by atoms with Gasteiger partial charge in [-0.05, 0) is 35.4 Å². The molecule has 0 saturated heterocycles. The number of Topliss-reactive ketones (excluding diaryl/α,β-unsaturated/α-hetero) is 1. The van der Waals surface area contributed by atoms with Crippen molar-refractivity contribution in [1.29, 1.82) is 0 Å². The summed E-state index contributed by atoms with van der Waals surface area (Å²) in [6.07, 6.45) is 7.41. The van der Waals surface area contributed by atoms with Gasteiger partial charge in [0.05, 0.1) is 16.5 Å². The summed E-state index contributed by atoms with van der Waals surface area (Å²) in [6.45, 7) is 0.0834. The van der Waals surface area contributed by atoms with Crippen molar-refractivity contribution >= 4 is 27.2 Å². The van der Waals surface area contributed by atoms with Crippen molar-refractivity contribution in [2.45, 2.75) is 43.5 Å². The number of hydrogen-bond acceptors (Lipinski definition) is 6. The smallest absolute Gasteiger partial charge is 0.175 e. The van der Waals surface area contributed by atoms with Gasteiger partial charge in [0.15, 0.2) is 15.6 Å². The van der Waals surface area contributed by atoms with Gasteiger partial charge in [-0.2, -0.15) is 0 Å². The van der Waals surface area contributed by atoms with E-state index in [4.69, 9.17) is 11.6 Å². The number of hydrogen-bond donors (Lipinski definition) is 0. The first-order chi connectivity index (χ1) is 11.9. The topological polar surface area (TPSA) is 94.8 Å². The van der Waals surface area contributed by atoms with E-state index >= 15 is 0 Å². The number of carbonyl (C=O) groups excluding carboxylic acids is 1. The van der Waals surface area contributed by atoms with Crippen molar-refractivity contribution in [3.63, 3.8) is 0 Å². The van der Waals surface area contributed by atoms with E-state index in [9.17, 15) is 13.2 Å². The molecule has 0 aliphatic heterocycles. The molecule has 0 N–H and O–H groups in total. The first-order valence-corrected chi connectivity index (χ1v) is 10.4. The average Bonchev–Trinajstić information content (AvgIpc) is 3.09. The van der Waals surface area contributed by atoms with Gasteiger partial charge in [0.25, 0.3) is 0 Å². The van der Waals surface area contributed by atoms with E-state index < -0.39 is 9.84 Å². The molecule has 0 spiro atoms. The molecule has 1 heterocycles. The van der Waals surface area contributed by atoms with Crippen LogP contribution in [-0.2, 0) is 16.4 Å². The molecule has 7 nitrogen and oxygen atoms in total. The van der Waals surface area contributed by atoms with E-state index in [1.807, 2.05) is 0 Å². The number of halogens is 1. The van der Waals surface area contributed by atoms with Crippen LogP contribution in [0, 0.1) is 5.92 Å². The number of sulfone groups is 1. The monoisotopic (exact) mass is 382 g/mol. The molecule has 2 aromatic rings. The number of aromatic nitrogens is 4. The highest BCUT2D eigenvalue weighted by atomic mass is 35.5. The maximum absolute atomic E-state index is 12.9. The lowest BCUT2D eigenvalue weighted by Crippen LogP contribution is -2.19. The van der Waals surface area contributed by atoms with Crippen molar-refractivity contribution < 1.29 is 13.2 Å². The summed E-state index contributed by atoms with van der Waals surface area (Å²) in [4.78, 5) is 12.9. The van der Waals surface area contributed by atoms with Gasteiger partial charge < -0.3 is 0 Å². The minimum Gasteiger partial charge on any atom is -0.294 e. The molecule has 0 radical (unpaired) electrons. The van der Waals surface area contributed by atoms with Gasteiger partial charge in [0.2, 0.25) is 0 Å². The van der Waals surface area contributed by atoms with Crippen LogP contribution in [0.15, 0.2) is 23.4 Å². The fourth-order valence-electron chi connectivity index (χ4n) is 3.29. The van der Waals surface area contributed by atoms with Crippen molar-refractivity contribution in [2.24, 2.45) is 5.92 Å². The third-order valence-corrected chi connectivity index (χ3v) is 6.17. The molecule has 1 aromatic carbocycles. The molecule has 0 bridgehead atoms. The summed E-state index contributed by atoms with van der Waals surface area (Å²) in [7, 11) is -3.50. The molecule has 9 heteroatoms. The molecule has 1 fully saturated rings. The number of ketones is 1. The fraction of sp³-hybridized carbons (Fsp3) is 0.500. The van der Waals surface area contributed by atoms with Crippen molar-refractivity contribution in [3.8, 4) is 0 Å². The lowest BCUT2D eigenvalue weighted by molar-refractivity contribution is 0.0889. The molecule has 134 valence electrons. The predicted molar refractivity (Wildman–Crippen MR) is 92.4 cm³/mol. The zero-order valence-electron chi connectivity index (χ0n) is 13.9. The van der Waals surface area contributed by atoms with Gasteiger partial charge in [0, 0.05) is 23.3 Å². The summed E-state index contributed by atoms with van der Waals surface area (Å²) < 4.78 is 25.6. The Morgan fingerprint density at radius 3 is 2.60 bits per heavy atom. The molecular formula is C16H19ClN4O3S. The van der Waals surface area contributed by atoms with Crippen LogP contribution in [0.2, 0.25) is 5.02 Å². The molecule has 0 atom stereocenters. The van der Waals surface area contributed by atoms with E-state index in [1.54, 1.807) is 0 Å². The summed E-state index contributed by atoms with van der Waals surface area (Å²) in [5.74, 6) is -0.0565. The SMILES string of the molecule is CS(=O)(=O)c1ccc(C(=O)C2CCCCC2)c(Cl)c1Cn1cnnn1. The van der Waals surface area contributed by atoms with E-state index in [0.29, 0.717) is 11.1 Å². The van der Waals surface area contributed by atoms with Crippen molar-refractivity contribution in [1.82, 2.24) is 20.2 Å². The maximum Gasteiger partial charge on any atom is 0.175 e. The Morgan fingerprint density at radius 2 is 2.00 bits per heavy atom. The Hall–Kier alpha value is -1.80. The third kappa shape index (κ3) is 3.90. The van der Waals surface area contributed by atoms with Crippen LogP contribution in [0.5, 0.6) is 0 Å². The molecule has 0 unspecified atom stereocenters. The number of tetrazole rings is 1. The van der Waals surface area contributed by atoms with Crippen LogP contribution < -0.4 is 0 Å². The second-order valence-electron chi connectivity index (χ2n) is 6.38. The standard InChI is InChI=1S/C16H19ClN4O3S/c1-25(23,24)14-8-7-12(16(22)11-5-3-2-4-6-11)15(17)13(14)9-21-10-18-19-20-21/h7-8,10-11H,2-6,9H2,1H3. The highest BCUT2D eigenvalue weighted by Gasteiger charge is 2.27. The third-order valence-electron chi connectivity index (χ3n) is 4.55.